The van der Waals surface area contributed by atoms with Crippen molar-refractivity contribution in [2.45, 2.75) is 165 Å². The molecule has 5 aromatic rings. The lowest BCUT2D eigenvalue weighted by atomic mass is 9.80. The van der Waals surface area contributed by atoms with Crippen LogP contribution >= 0.6 is 8.15 Å². The summed E-state index contributed by atoms with van der Waals surface area (Å²) in [4.78, 5) is 0. The zero-order chi connectivity index (χ0) is 51.0. The highest BCUT2D eigenvalue weighted by Crippen LogP contribution is 2.46. The molecule has 0 radical (unpaired) electrons. The second-order valence-corrected chi connectivity index (χ2v) is 25.3. The summed E-state index contributed by atoms with van der Waals surface area (Å²) in [5.74, 6) is 3.72. The van der Waals surface area contributed by atoms with Crippen molar-refractivity contribution in [1.82, 2.24) is 0 Å². The van der Waals surface area contributed by atoms with E-state index in [2.05, 4.69) is 213 Å². The molecule has 1 aliphatic rings. The quantitative estimate of drug-likeness (QED) is 0.104. The Hall–Kier alpha value is -5.05. The van der Waals surface area contributed by atoms with Crippen LogP contribution in [0, 0.1) is 5.41 Å². The van der Waals surface area contributed by atoms with E-state index in [1.54, 1.807) is 0 Å². The van der Waals surface area contributed by atoms with Gasteiger partial charge >= 0.3 is 0 Å². The van der Waals surface area contributed by atoms with Crippen molar-refractivity contribution < 1.29 is 18.7 Å². The maximum atomic E-state index is 7.75. The molecule has 70 heavy (non-hydrogen) atoms. The van der Waals surface area contributed by atoms with Crippen LogP contribution in [0.2, 0.25) is 0 Å². The fourth-order valence-corrected chi connectivity index (χ4v) is 10.5. The Morgan fingerprint density at radius 2 is 0.871 bits per heavy atom. The maximum Gasteiger partial charge on any atom is 0.150 e. The molecule has 1 aliphatic carbocycles. The van der Waals surface area contributed by atoms with E-state index in [1.807, 2.05) is 0 Å². The molecule has 5 aromatic carbocycles. The molecule has 0 atom stereocenters. The number of allylic oxidation sites excluding steroid dienone is 4. The standard InChI is InChI=1S/C65H85O4P/c1-17-32-66-58-31-30-46-39-53(63(8,9)10)44-52(61(46)69-70(56-26-22-20-23-27-56)57-28-24-21-25-29-57)38-51-43-55(65(14,15)16)42-50(60(51)68-34-19-3)37-49-41-54(64(11,12)13)40-48(59(49)67-33-18-2)36-47(58)35-45(4)62(5,6)7/h20-29,31,35,39-44H,4,17-19,30,32-34,36-38H2,1-3,5-16H3/b47-35-,58-31-. The second-order valence-electron chi connectivity index (χ2n) is 23.5. The monoisotopic (exact) mass is 961 g/mol. The number of fused-ring (bicyclic) bond motifs is 6. The molecule has 0 saturated heterocycles. The average Bonchev–Trinajstić information content (AvgIpc) is 3.29. The molecule has 6 rings (SSSR count). The van der Waals surface area contributed by atoms with Gasteiger partial charge in [-0.15, -0.1) is 0 Å². The lowest BCUT2D eigenvalue weighted by Crippen LogP contribution is -2.18. The van der Waals surface area contributed by atoms with Crippen LogP contribution in [-0.2, 0) is 46.7 Å². The summed E-state index contributed by atoms with van der Waals surface area (Å²) in [6, 6.07) is 36.0. The van der Waals surface area contributed by atoms with Crippen molar-refractivity contribution in [3.63, 3.8) is 0 Å². The van der Waals surface area contributed by atoms with Crippen LogP contribution in [-0.4, -0.2) is 19.8 Å². The van der Waals surface area contributed by atoms with Crippen LogP contribution in [0.25, 0.3) is 0 Å². The third-order valence-electron chi connectivity index (χ3n) is 13.1. The SMILES string of the molecule is C=C(/C=C1Cc2cc(C(C)(C)C)cc(c2OCCC)Cc2cc(C(C)(C)C)cc(c2OCCC)Cc2cc(C(C)(C)C)cc(c2OP(c2ccccc2)c2ccccc2)C/C=C/1OCCC)C(C)(C)C. The van der Waals surface area contributed by atoms with E-state index in [0.717, 1.165) is 80.7 Å². The van der Waals surface area contributed by atoms with Crippen LogP contribution in [0.4, 0.5) is 0 Å². The van der Waals surface area contributed by atoms with Crippen molar-refractivity contribution >= 4 is 18.8 Å². The van der Waals surface area contributed by atoms with Gasteiger partial charge in [-0.3, -0.25) is 0 Å². The van der Waals surface area contributed by atoms with Gasteiger partial charge in [0.2, 0.25) is 0 Å². The largest absolute Gasteiger partial charge is 0.494 e. The second kappa shape index (κ2) is 23.0. The van der Waals surface area contributed by atoms with E-state index in [0.29, 0.717) is 45.5 Å². The van der Waals surface area contributed by atoms with Crippen LogP contribution < -0.4 is 24.6 Å². The summed E-state index contributed by atoms with van der Waals surface area (Å²) in [5, 5.41) is 2.33. The molecule has 374 valence electrons. The summed E-state index contributed by atoms with van der Waals surface area (Å²) in [5.41, 5.74) is 12.4. The Morgan fingerprint density at radius 3 is 1.26 bits per heavy atom. The Morgan fingerprint density at radius 1 is 0.500 bits per heavy atom. The zero-order valence-corrected chi connectivity index (χ0v) is 46.6. The van der Waals surface area contributed by atoms with Gasteiger partial charge < -0.3 is 18.7 Å². The van der Waals surface area contributed by atoms with E-state index < -0.39 is 8.15 Å². The van der Waals surface area contributed by atoms with Crippen LogP contribution in [0.1, 0.15) is 173 Å². The van der Waals surface area contributed by atoms with Gasteiger partial charge in [-0.25, -0.2) is 0 Å². The number of hydrogen-bond donors (Lipinski definition) is 0. The fourth-order valence-electron chi connectivity index (χ4n) is 8.69. The van der Waals surface area contributed by atoms with Crippen molar-refractivity contribution in [2.75, 3.05) is 19.8 Å². The van der Waals surface area contributed by atoms with Crippen molar-refractivity contribution in [3.8, 4) is 17.2 Å². The van der Waals surface area contributed by atoms with Gasteiger partial charge in [0.15, 0.2) is 8.15 Å². The van der Waals surface area contributed by atoms with E-state index in [1.165, 1.54) is 33.4 Å². The molecular formula is C65H85O4P. The van der Waals surface area contributed by atoms with E-state index in [-0.39, 0.29) is 21.7 Å². The van der Waals surface area contributed by atoms with Gasteiger partial charge in [-0.1, -0.05) is 214 Å². The molecule has 6 bridgehead atoms. The van der Waals surface area contributed by atoms with Crippen LogP contribution in [0.3, 0.4) is 0 Å². The number of benzene rings is 5. The Labute approximate surface area is 425 Å². The molecule has 0 saturated carbocycles. The van der Waals surface area contributed by atoms with Crippen LogP contribution in [0.15, 0.2) is 133 Å². The van der Waals surface area contributed by atoms with Gasteiger partial charge in [0.1, 0.15) is 23.0 Å². The summed E-state index contributed by atoms with van der Waals surface area (Å²) >= 11 is 0. The molecule has 0 aliphatic heterocycles. The predicted molar refractivity (Wildman–Crippen MR) is 301 cm³/mol. The first-order valence-corrected chi connectivity index (χ1v) is 27.3. The predicted octanol–water partition coefficient (Wildman–Crippen LogP) is 16.7. The smallest absolute Gasteiger partial charge is 0.150 e. The molecule has 0 spiro atoms. The van der Waals surface area contributed by atoms with Crippen molar-refractivity contribution in [1.29, 1.82) is 0 Å². The first-order chi connectivity index (χ1) is 33.0. The molecule has 0 aromatic heterocycles. The van der Waals surface area contributed by atoms with Gasteiger partial charge in [0.05, 0.1) is 19.8 Å². The Balaban J connectivity index is 1.80. The number of hydrogen-bond acceptors (Lipinski definition) is 4. The fraction of sp³-hybridized carbons (Fsp3) is 0.446. The van der Waals surface area contributed by atoms with Gasteiger partial charge in [-0.2, -0.15) is 0 Å². The molecule has 0 fully saturated rings. The molecule has 0 heterocycles. The third kappa shape index (κ3) is 13.9. The molecule has 0 unspecified atom stereocenters. The maximum absolute atomic E-state index is 7.75. The van der Waals surface area contributed by atoms with Crippen molar-refractivity contribution in [3.05, 3.63) is 183 Å². The normalized spacial score (nSPS) is 15.1. The molecule has 0 amide bonds. The topological polar surface area (TPSA) is 36.9 Å². The highest BCUT2D eigenvalue weighted by atomic mass is 31.1. The highest BCUT2D eigenvalue weighted by molar-refractivity contribution is 7.68. The number of ether oxygens (including phenoxy) is 3. The van der Waals surface area contributed by atoms with E-state index in [4.69, 9.17) is 25.3 Å². The zero-order valence-electron chi connectivity index (χ0n) is 45.8. The minimum absolute atomic E-state index is 0.118. The van der Waals surface area contributed by atoms with Gasteiger partial charge in [-0.05, 0) is 115 Å². The summed E-state index contributed by atoms with van der Waals surface area (Å²) in [6.45, 7) is 40.7. The molecule has 4 nitrogen and oxygen atoms in total. The first-order valence-electron chi connectivity index (χ1n) is 26.1. The van der Waals surface area contributed by atoms with Crippen molar-refractivity contribution in [2.24, 2.45) is 5.41 Å². The van der Waals surface area contributed by atoms with Crippen LogP contribution in [0.5, 0.6) is 17.2 Å². The molecule has 0 N–H and O–H groups in total. The van der Waals surface area contributed by atoms with E-state index >= 15 is 0 Å². The third-order valence-corrected chi connectivity index (χ3v) is 15.0. The average molecular weight is 961 g/mol. The van der Waals surface area contributed by atoms with Gasteiger partial charge in [0, 0.05) is 29.9 Å². The molecule has 5 heteroatoms. The lowest BCUT2D eigenvalue weighted by molar-refractivity contribution is 0.218. The lowest BCUT2D eigenvalue weighted by Gasteiger charge is -2.29. The minimum Gasteiger partial charge on any atom is -0.494 e. The summed E-state index contributed by atoms with van der Waals surface area (Å²) in [6.07, 6.45) is 9.78. The summed E-state index contributed by atoms with van der Waals surface area (Å²) < 4.78 is 28.8. The Bertz CT molecular complexity index is 2580. The molecular weight excluding hydrogens is 876 g/mol. The Kier molecular flexibility index (Phi) is 17.8. The number of rotatable bonds is 14. The first kappa shape index (κ1) is 54.3. The van der Waals surface area contributed by atoms with Gasteiger partial charge in [0.25, 0.3) is 0 Å². The highest BCUT2D eigenvalue weighted by Gasteiger charge is 2.29. The minimum atomic E-state index is -1.26. The summed E-state index contributed by atoms with van der Waals surface area (Å²) in [7, 11) is -1.26. The van der Waals surface area contributed by atoms with E-state index in [9.17, 15) is 0 Å².